The van der Waals surface area contributed by atoms with Crippen molar-refractivity contribution < 1.29 is 31.8 Å². The van der Waals surface area contributed by atoms with Crippen molar-refractivity contribution in [1.29, 1.82) is 0 Å². The minimum atomic E-state index is -4.19. The van der Waals surface area contributed by atoms with Crippen LogP contribution in [0.25, 0.3) is 0 Å². The Morgan fingerprint density at radius 1 is 0.917 bits per heavy atom. The van der Waals surface area contributed by atoms with Crippen LogP contribution < -0.4 is 9.47 Å². The van der Waals surface area contributed by atoms with E-state index in [9.17, 15) is 22.4 Å². The van der Waals surface area contributed by atoms with Gasteiger partial charge in [-0.15, -0.1) is 0 Å². The number of benzene rings is 2. The fourth-order valence-corrected chi connectivity index (χ4v) is 1.73. The van der Waals surface area contributed by atoms with E-state index in [1.54, 1.807) is 36.4 Å². The normalized spacial score (nSPS) is 11.4. The predicted octanol–water partition coefficient (Wildman–Crippen LogP) is 4.36. The summed E-state index contributed by atoms with van der Waals surface area (Å²) in [5, 5.41) is 0. The zero-order chi connectivity index (χ0) is 17.6. The highest BCUT2D eigenvalue weighted by Gasteiger charge is 2.41. The lowest BCUT2D eigenvalue weighted by molar-refractivity contribution is -0.148. The molecule has 0 aromatic heterocycles. The molecule has 0 aliphatic carbocycles. The van der Waals surface area contributed by atoms with Gasteiger partial charge in [-0.1, -0.05) is 12.1 Å². The molecule has 0 radical (unpaired) electrons. The first-order valence-corrected chi connectivity index (χ1v) is 6.96. The van der Waals surface area contributed by atoms with Crippen molar-refractivity contribution in [3.8, 4) is 11.5 Å². The molecule has 7 heteroatoms. The third-order valence-corrected chi connectivity index (χ3v) is 3.10. The van der Waals surface area contributed by atoms with Crippen molar-refractivity contribution in [1.82, 2.24) is 0 Å². The summed E-state index contributed by atoms with van der Waals surface area (Å²) < 4.78 is 59.7. The quantitative estimate of drug-likeness (QED) is 0.528. The van der Waals surface area contributed by atoms with E-state index in [0.29, 0.717) is 11.3 Å². The Hall–Kier alpha value is -2.57. The number of hydrogen-bond acceptors (Lipinski definition) is 3. The summed E-state index contributed by atoms with van der Waals surface area (Å²) in [7, 11) is 0. The Morgan fingerprint density at radius 2 is 1.46 bits per heavy atom. The molecule has 2 aromatic carbocycles. The first-order valence-electron chi connectivity index (χ1n) is 6.96. The highest BCUT2D eigenvalue weighted by molar-refractivity contribution is 5.74. The van der Waals surface area contributed by atoms with E-state index >= 15 is 0 Å². The van der Waals surface area contributed by atoms with E-state index in [4.69, 9.17) is 4.74 Å². The smallest absolute Gasteiger partial charge is 0.340 e. The zero-order valence-corrected chi connectivity index (χ0v) is 12.4. The Bertz CT molecular complexity index is 655. The number of ether oxygens (including phenoxy) is 2. The number of aldehydes is 1. The first kappa shape index (κ1) is 17.8. The van der Waals surface area contributed by atoms with Gasteiger partial charge < -0.3 is 9.47 Å². The standard InChI is InChI=1S/C17H14F4O3/c18-16(19)17(20,21)11-24-15-7-3-13(4-8-15)10-23-14-5-1-12(9-22)2-6-14/h1-9,16H,10-11H2. The van der Waals surface area contributed by atoms with Crippen LogP contribution in [0, 0.1) is 0 Å². The maximum atomic E-state index is 12.8. The van der Waals surface area contributed by atoms with Crippen LogP contribution in [0.4, 0.5) is 17.6 Å². The number of rotatable bonds is 8. The lowest BCUT2D eigenvalue weighted by Gasteiger charge is -2.16. The lowest BCUT2D eigenvalue weighted by atomic mass is 10.2. The Kier molecular flexibility index (Phi) is 5.78. The van der Waals surface area contributed by atoms with Crippen LogP contribution >= 0.6 is 0 Å². The molecule has 0 unspecified atom stereocenters. The van der Waals surface area contributed by atoms with Gasteiger partial charge in [0.15, 0.2) is 6.61 Å². The molecule has 0 bridgehead atoms. The summed E-state index contributed by atoms with van der Waals surface area (Å²) in [6.45, 7) is -1.17. The Balaban J connectivity index is 1.86. The average molecular weight is 342 g/mol. The van der Waals surface area contributed by atoms with Gasteiger partial charge >= 0.3 is 12.3 Å². The van der Waals surface area contributed by atoms with Crippen LogP contribution in [0.1, 0.15) is 15.9 Å². The van der Waals surface area contributed by atoms with E-state index < -0.39 is 19.0 Å². The van der Waals surface area contributed by atoms with Crippen molar-refractivity contribution in [2.75, 3.05) is 6.61 Å². The van der Waals surface area contributed by atoms with Crippen LogP contribution in [-0.4, -0.2) is 25.2 Å². The summed E-state index contributed by atoms with van der Waals surface area (Å²) in [4.78, 5) is 10.5. The fourth-order valence-electron chi connectivity index (χ4n) is 1.73. The molecule has 3 nitrogen and oxygen atoms in total. The van der Waals surface area contributed by atoms with Gasteiger partial charge in [0.2, 0.25) is 0 Å². The molecule has 0 spiro atoms. The number of carbonyl (C=O) groups excluding carboxylic acids is 1. The molecule has 2 aromatic rings. The summed E-state index contributed by atoms with van der Waals surface area (Å²) in [6.07, 6.45) is -3.05. The molecule has 0 heterocycles. The third-order valence-electron chi connectivity index (χ3n) is 3.10. The molecule has 0 amide bonds. The topological polar surface area (TPSA) is 35.5 Å². The molecule has 0 N–H and O–H groups in total. The fraction of sp³-hybridized carbons (Fsp3) is 0.235. The van der Waals surface area contributed by atoms with Gasteiger partial charge in [0, 0.05) is 5.56 Å². The van der Waals surface area contributed by atoms with Crippen LogP contribution in [0.5, 0.6) is 11.5 Å². The summed E-state index contributed by atoms with van der Waals surface area (Å²) >= 11 is 0. The van der Waals surface area contributed by atoms with Crippen LogP contribution in [0.3, 0.4) is 0 Å². The molecular weight excluding hydrogens is 328 g/mol. The Labute approximate surface area is 135 Å². The molecule has 0 saturated carbocycles. The molecule has 0 saturated heterocycles. The monoisotopic (exact) mass is 342 g/mol. The number of halogens is 4. The van der Waals surface area contributed by atoms with Crippen LogP contribution in [-0.2, 0) is 6.61 Å². The lowest BCUT2D eigenvalue weighted by Crippen LogP contribution is -2.33. The highest BCUT2D eigenvalue weighted by Crippen LogP contribution is 2.24. The van der Waals surface area contributed by atoms with E-state index in [1.807, 2.05) is 0 Å². The summed E-state index contributed by atoms with van der Waals surface area (Å²) in [5.41, 5.74) is 1.27. The van der Waals surface area contributed by atoms with Gasteiger partial charge in [0.25, 0.3) is 0 Å². The van der Waals surface area contributed by atoms with Gasteiger partial charge in [-0.3, -0.25) is 4.79 Å². The van der Waals surface area contributed by atoms with E-state index in [1.165, 1.54) is 12.1 Å². The van der Waals surface area contributed by atoms with E-state index in [0.717, 1.165) is 11.8 Å². The zero-order valence-electron chi connectivity index (χ0n) is 12.4. The molecule has 24 heavy (non-hydrogen) atoms. The van der Waals surface area contributed by atoms with Crippen molar-refractivity contribution in [2.24, 2.45) is 0 Å². The average Bonchev–Trinajstić information content (AvgIpc) is 2.59. The Morgan fingerprint density at radius 3 is 2.00 bits per heavy atom. The van der Waals surface area contributed by atoms with Gasteiger partial charge in [0.05, 0.1) is 0 Å². The van der Waals surface area contributed by atoms with Gasteiger partial charge in [-0.2, -0.15) is 8.78 Å². The maximum absolute atomic E-state index is 12.8. The van der Waals surface area contributed by atoms with Gasteiger partial charge in [-0.05, 0) is 42.0 Å². The molecule has 0 aliphatic rings. The maximum Gasteiger partial charge on any atom is 0.340 e. The number of hydrogen-bond donors (Lipinski definition) is 0. The largest absolute Gasteiger partial charge is 0.489 e. The third kappa shape index (κ3) is 4.97. The predicted molar refractivity (Wildman–Crippen MR) is 79.0 cm³/mol. The van der Waals surface area contributed by atoms with Crippen molar-refractivity contribution in [3.05, 3.63) is 59.7 Å². The second-order valence-corrected chi connectivity index (χ2v) is 4.97. The second-order valence-electron chi connectivity index (χ2n) is 4.97. The molecule has 0 atom stereocenters. The van der Waals surface area contributed by atoms with Gasteiger partial charge in [0.1, 0.15) is 24.4 Å². The van der Waals surface area contributed by atoms with E-state index in [2.05, 4.69) is 4.74 Å². The number of carbonyl (C=O) groups is 1. The van der Waals surface area contributed by atoms with Gasteiger partial charge in [-0.25, -0.2) is 8.78 Å². The second kappa shape index (κ2) is 7.81. The summed E-state index contributed by atoms with van der Waals surface area (Å²) in [6, 6.07) is 12.5. The molecule has 0 fully saturated rings. The number of alkyl halides is 4. The van der Waals surface area contributed by atoms with Crippen molar-refractivity contribution in [3.63, 3.8) is 0 Å². The molecule has 0 aliphatic heterocycles. The van der Waals surface area contributed by atoms with E-state index in [-0.39, 0.29) is 12.4 Å². The van der Waals surface area contributed by atoms with Crippen LogP contribution in [0.15, 0.2) is 48.5 Å². The van der Waals surface area contributed by atoms with Crippen molar-refractivity contribution in [2.45, 2.75) is 19.0 Å². The highest BCUT2D eigenvalue weighted by atomic mass is 19.3. The molecule has 128 valence electrons. The first-order chi connectivity index (χ1) is 11.4. The minimum Gasteiger partial charge on any atom is -0.489 e. The molecule has 2 rings (SSSR count). The minimum absolute atomic E-state index is 0.0643. The van der Waals surface area contributed by atoms with Crippen molar-refractivity contribution >= 4 is 6.29 Å². The summed E-state index contributed by atoms with van der Waals surface area (Å²) in [5.74, 6) is -3.55. The van der Waals surface area contributed by atoms with Crippen LogP contribution in [0.2, 0.25) is 0 Å². The SMILES string of the molecule is O=Cc1ccc(OCc2ccc(OCC(F)(F)C(F)F)cc2)cc1. The molecular formula is C17H14F4O3.